The molecule has 1 atom stereocenters. The van der Waals surface area contributed by atoms with Crippen LogP contribution in [0.4, 0.5) is 0 Å². The third-order valence-electron chi connectivity index (χ3n) is 2.98. The Morgan fingerprint density at radius 3 is 2.83 bits per heavy atom. The number of aromatic nitrogens is 3. The lowest BCUT2D eigenvalue weighted by Gasteiger charge is -2.20. The molecule has 0 fully saturated rings. The summed E-state index contributed by atoms with van der Waals surface area (Å²) in [5, 5.41) is 8.31. The van der Waals surface area contributed by atoms with Gasteiger partial charge < -0.3 is 5.32 Å². The second kappa shape index (κ2) is 5.50. The largest absolute Gasteiger partial charge is 0.305 e. The number of hydrogen-bond donors (Lipinski definition) is 1. The predicted molar refractivity (Wildman–Crippen MR) is 72.7 cm³/mol. The first kappa shape index (κ1) is 13.1. The number of aryl methyl sites for hydroxylation is 2. The molecule has 2 aromatic heterocycles. The van der Waals surface area contributed by atoms with Crippen molar-refractivity contribution in [3.63, 3.8) is 0 Å². The zero-order valence-corrected chi connectivity index (χ0v) is 11.6. The van der Waals surface area contributed by atoms with Crippen molar-refractivity contribution in [3.8, 4) is 0 Å². The average Bonchev–Trinajstić information content (AvgIpc) is 2.68. The monoisotopic (exact) mass is 264 g/mol. The summed E-state index contributed by atoms with van der Waals surface area (Å²) >= 11 is 6.23. The molecule has 0 aliphatic heterocycles. The Morgan fingerprint density at radius 1 is 1.50 bits per heavy atom. The van der Waals surface area contributed by atoms with Crippen LogP contribution in [0.2, 0.25) is 5.02 Å². The molecule has 0 saturated carbocycles. The van der Waals surface area contributed by atoms with Crippen LogP contribution < -0.4 is 5.32 Å². The van der Waals surface area contributed by atoms with E-state index in [4.69, 9.17) is 11.6 Å². The van der Waals surface area contributed by atoms with Crippen LogP contribution in [0.5, 0.6) is 0 Å². The van der Waals surface area contributed by atoms with Gasteiger partial charge in [0.05, 0.1) is 23.0 Å². The minimum atomic E-state index is 0.0173. The Morgan fingerprint density at radius 2 is 2.28 bits per heavy atom. The van der Waals surface area contributed by atoms with E-state index in [2.05, 4.69) is 28.4 Å². The first-order valence-electron chi connectivity index (χ1n) is 5.97. The zero-order valence-electron chi connectivity index (χ0n) is 10.8. The molecule has 18 heavy (non-hydrogen) atoms. The van der Waals surface area contributed by atoms with Gasteiger partial charge in [-0.3, -0.25) is 9.67 Å². The van der Waals surface area contributed by atoms with Gasteiger partial charge in [0, 0.05) is 18.9 Å². The first-order valence-corrected chi connectivity index (χ1v) is 6.35. The number of halogens is 1. The number of hydrogen-bond acceptors (Lipinski definition) is 3. The molecular weight excluding hydrogens is 248 g/mol. The van der Waals surface area contributed by atoms with Crippen molar-refractivity contribution in [1.29, 1.82) is 0 Å². The third kappa shape index (κ3) is 2.40. The van der Waals surface area contributed by atoms with Gasteiger partial charge in [0.1, 0.15) is 0 Å². The molecule has 4 nitrogen and oxygen atoms in total. The lowest BCUT2D eigenvalue weighted by atomic mass is 10.0. The van der Waals surface area contributed by atoms with Crippen LogP contribution in [0.1, 0.15) is 29.9 Å². The van der Waals surface area contributed by atoms with Gasteiger partial charge in [0.15, 0.2) is 0 Å². The standard InChI is InChI=1S/C13H17ClN4/c1-4-15-12(10-6-5-7-16-9(10)2)13-11(14)8-17-18(13)3/h5-8,12,15H,4H2,1-3H3. The van der Waals surface area contributed by atoms with Gasteiger partial charge in [0.25, 0.3) is 0 Å². The minimum absolute atomic E-state index is 0.0173. The van der Waals surface area contributed by atoms with Crippen molar-refractivity contribution < 1.29 is 0 Å². The minimum Gasteiger partial charge on any atom is -0.305 e. The van der Waals surface area contributed by atoms with Gasteiger partial charge in [-0.2, -0.15) is 5.10 Å². The van der Waals surface area contributed by atoms with Crippen LogP contribution in [0, 0.1) is 6.92 Å². The van der Waals surface area contributed by atoms with Crippen molar-refractivity contribution in [2.24, 2.45) is 7.05 Å². The lowest BCUT2D eigenvalue weighted by molar-refractivity contribution is 0.569. The molecule has 1 N–H and O–H groups in total. The van der Waals surface area contributed by atoms with Gasteiger partial charge >= 0.3 is 0 Å². The van der Waals surface area contributed by atoms with Crippen LogP contribution in [-0.2, 0) is 7.05 Å². The number of nitrogens with one attached hydrogen (secondary N) is 1. The molecule has 0 amide bonds. The van der Waals surface area contributed by atoms with Crippen molar-refractivity contribution in [3.05, 3.63) is 46.5 Å². The van der Waals surface area contributed by atoms with Gasteiger partial charge in [-0.1, -0.05) is 24.6 Å². The molecule has 0 spiro atoms. The highest BCUT2D eigenvalue weighted by Gasteiger charge is 2.21. The predicted octanol–water partition coefficient (Wildman–Crippen LogP) is 2.48. The van der Waals surface area contributed by atoms with E-state index in [0.29, 0.717) is 5.02 Å². The zero-order chi connectivity index (χ0) is 13.1. The molecule has 0 aromatic carbocycles. The maximum Gasteiger partial charge on any atom is 0.0837 e. The normalized spacial score (nSPS) is 12.7. The van der Waals surface area contributed by atoms with Gasteiger partial charge in [-0.05, 0) is 25.1 Å². The van der Waals surface area contributed by atoms with Crippen molar-refractivity contribution >= 4 is 11.6 Å². The van der Waals surface area contributed by atoms with E-state index in [1.54, 1.807) is 12.4 Å². The summed E-state index contributed by atoms with van der Waals surface area (Å²) in [5.74, 6) is 0. The van der Waals surface area contributed by atoms with E-state index in [9.17, 15) is 0 Å². The van der Waals surface area contributed by atoms with Crippen LogP contribution in [0.15, 0.2) is 24.5 Å². The molecule has 2 heterocycles. The number of pyridine rings is 1. The fourth-order valence-corrected chi connectivity index (χ4v) is 2.38. The fourth-order valence-electron chi connectivity index (χ4n) is 2.10. The molecule has 96 valence electrons. The van der Waals surface area contributed by atoms with E-state index in [-0.39, 0.29) is 6.04 Å². The third-order valence-corrected chi connectivity index (χ3v) is 3.27. The Kier molecular flexibility index (Phi) is 3.99. The SMILES string of the molecule is CCNC(c1cccnc1C)c1c(Cl)cnn1C. The summed E-state index contributed by atoms with van der Waals surface area (Å²) in [4.78, 5) is 4.34. The van der Waals surface area contributed by atoms with Crippen LogP contribution in [-0.4, -0.2) is 21.3 Å². The van der Waals surface area contributed by atoms with E-state index in [1.165, 1.54) is 0 Å². The van der Waals surface area contributed by atoms with Gasteiger partial charge in [0.2, 0.25) is 0 Å². The molecule has 2 aromatic rings. The highest BCUT2D eigenvalue weighted by atomic mass is 35.5. The maximum absolute atomic E-state index is 6.23. The molecule has 0 aliphatic rings. The topological polar surface area (TPSA) is 42.7 Å². The lowest BCUT2D eigenvalue weighted by Crippen LogP contribution is -2.25. The molecule has 0 radical (unpaired) electrons. The highest BCUT2D eigenvalue weighted by molar-refractivity contribution is 6.31. The maximum atomic E-state index is 6.23. The molecule has 0 saturated heterocycles. The molecule has 1 unspecified atom stereocenters. The summed E-state index contributed by atoms with van der Waals surface area (Å²) in [5.41, 5.74) is 3.10. The molecular formula is C13H17ClN4. The summed E-state index contributed by atoms with van der Waals surface area (Å²) in [6, 6.07) is 4.03. The second-order valence-electron chi connectivity index (χ2n) is 4.17. The van der Waals surface area contributed by atoms with Crippen LogP contribution in [0.25, 0.3) is 0 Å². The highest BCUT2D eigenvalue weighted by Crippen LogP contribution is 2.28. The first-order chi connectivity index (χ1) is 8.65. The number of nitrogens with zero attached hydrogens (tertiary/aromatic N) is 3. The quantitative estimate of drug-likeness (QED) is 0.923. The Balaban J connectivity index is 2.50. The Labute approximate surface area is 112 Å². The van der Waals surface area contributed by atoms with Gasteiger partial charge in [-0.25, -0.2) is 0 Å². The van der Waals surface area contributed by atoms with E-state index < -0.39 is 0 Å². The summed E-state index contributed by atoms with van der Waals surface area (Å²) in [6.45, 7) is 4.92. The van der Waals surface area contributed by atoms with Crippen molar-refractivity contribution in [2.45, 2.75) is 19.9 Å². The average molecular weight is 265 g/mol. The molecule has 5 heteroatoms. The van der Waals surface area contributed by atoms with Crippen LogP contribution in [0.3, 0.4) is 0 Å². The Hall–Kier alpha value is -1.39. The molecule has 0 bridgehead atoms. The van der Waals surface area contributed by atoms with Gasteiger partial charge in [-0.15, -0.1) is 0 Å². The summed E-state index contributed by atoms with van der Waals surface area (Å²) in [6.07, 6.45) is 3.47. The fraction of sp³-hybridized carbons (Fsp3) is 0.385. The van der Waals surface area contributed by atoms with Crippen molar-refractivity contribution in [1.82, 2.24) is 20.1 Å². The van der Waals surface area contributed by atoms with E-state index in [0.717, 1.165) is 23.5 Å². The molecule has 2 rings (SSSR count). The summed E-state index contributed by atoms with van der Waals surface area (Å²) < 4.78 is 1.81. The second-order valence-corrected chi connectivity index (χ2v) is 4.58. The summed E-state index contributed by atoms with van der Waals surface area (Å²) in [7, 11) is 1.90. The van der Waals surface area contributed by atoms with E-state index >= 15 is 0 Å². The van der Waals surface area contributed by atoms with Crippen molar-refractivity contribution in [2.75, 3.05) is 6.54 Å². The van der Waals surface area contributed by atoms with E-state index in [1.807, 2.05) is 24.7 Å². The van der Waals surface area contributed by atoms with Crippen LogP contribution >= 0.6 is 11.6 Å². The smallest absolute Gasteiger partial charge is 0.0837 e. The Bertz CT molecular complexity index is 516. The molecule has 0 aliphatic carbocycles. The number of rotatable bonds is 4.